The van der Waals surface area contributed by atoms with Gasteiger partial charge in [0, 0.05) is 37.0 Å². The Morgan fingerprint density at radius 1 is 1.17 bits per heavy atom. The van der Waals surface area contributed by atoms with Gasteiger partial charge < -0.3 is 10.1 Å². The van der Waals surface area contributed by atoms with Crippen LogP contribution in [0, 0.1) is 0 Å². The summed E-state index contributed by atoms with van der Waals surface area (Å²) in [7, 11) is 0. The Labute approximate surface area is 139 Å². The van der Waals surface area contributed by atoms with Crippen LogP contribution in [0.25, 0.3) is 0 Å². The molecule has 1 aromatic heterocycles. The predicted octanol–water partition coefficient (Wildman–Crippen LogP) is 4.43. The lowest BCUT2D eigenvalue weighted by molar-refractivity contribution is 0.0439. The number of aromatic nitrogens is 1. The monoisotopic (exact) mass is 310 g/mol. The van der Waals surface area contributed by atoms with Crippen LogP contribution in [0.2, 0.25) is 0 Å². The lowest BCUT2D eigenvalue weighted by Crippen LogP contribution is -2.41. The highest BCUT2D eigenvalue weighted by atomic mass is 16.5. The van der Waals surface area contributed by atoms with Crippen molar-refractivity contribution in [3.63, 3.8) is 0 Å². The number of pyridine rings is 1. The Morgan fingerprint density at radius 3 is 2.65 bits per heavy atom. The first-order valence-corrected chi connectivity index (χ1v) is 8.57. The zero-order valence-electron chi connectivity index (χ0n) is 14.3. The number of ether oxygens (including phenoxy) is 1. The summed E-state index contributed by atoms with van der Waals surface area (Å²) in [5, 5.41) is 3.73. The summed E-state index contributed by atoms with van der Waals surface area (Å²) in [6, 6.07) is 11.1. The van der Waals surface area contributed by atoms with Crippen molar-refractivity contribution in [1.82, 2.24) is 10.3 Å². The van der Waals surface area contributed by atoms with E-state index in [1.807, 2.05) is 12.4 Å². The first-order chi connectivity index (χ1) is 11.1. The van der Waals surface area contributed by atoms with Crippen molar-refractivity contribution in [2.24, 2.45) is 0 Å². The van der Waals surface area contributed by atoms with Crippen LogP contribution in [-0.2, 0) is 13.0 Å². The molecule has 0 bridgehead atoms. The van der Waals surface area contributed by atoms with Gasteiger partial charge in [-0.2, -0.15) is 0 Å². The van der Waals surface area contributed by atoms with E-state index in [9.17, 15) is 0 Å². The first-order valence-electron chi connectivity index (χ1n) is 8.57. The molecule has 2 aromatic rings. The van der Waals surface area contributed by atoms with E-state index in [0.717, 1.165) is 31.6 Å². The number of fused-ring (bicyclic) bond motifs is 1. The van der Waals surface area contributed by atoms with Crippen LogP contribution >= 0.6 is 0 Å². The fourth-order valence-electron chi connectivity index (χ4n) is 3.17. The fraction of sp³-hybridized carbons (Fsp3) is 0.450. The molecule has 0 saturated carbocycles. The first kappa shape index (κ1) is 16.0. The van der Waals surface area contributed by atoms with Gasteiger partial charge in [0.05, 0.1) is 0 Å². The zero-order valence-corrected chi connectivity index (χ0v) is 14.3. The van der Waals surface area contributed by atoms with Gasteiger partial charge in [-0.15, -0.1) is 0 Å². The molecule has 0 aliphatic carbocycles. The summed E-state index contributed by atoms with van der Waals surface area (Å²) in [4.78, 5) is 4.09. The molecular formula is C20H26N2O. The third kappa shape index (κ3) is 3.56. The van der Waals surface area contributed by atoms with E-state index in [4.69, 9.17) is 4.74 Å². The van der Waals surface area contributed by atoms with Crippen LogP contribution in [0.5, 0.6) is 5.75 Å². The largest absolute Gasteiger partial charge is 0.487 e. The van der Waals surface area contributed by atoms with Crippen LogP contribution in [0.1, 0.15) is 56.3 Å². The molecule has 2 unspecified atom stereocenters. The number of nitrogens with one attached hydrogen (secondary N) is 1. The Morgan fingerprint density at radius 2 is 1.96 bits per heavy atom. The highest BCUT2D eigenvalue weighted by molar-refractivity contribution is 5.42. The minimum atomic E-state index is -0.101. The Balaban J connectivity index is 1.85. The fourth-order valence-corrected chi connectivity index (χ4v) is 3.17. The van der Waals surface area contributed by atoms with Crippen LogP contribution < -0.4 is 10.1 Å². The van der Waals surface area contributed by atoms with Crippen molar-refractivity contribution in [3.05, 3.63) is 59.4 Å². The minimum Gasteiger partial charge on any atom is -0.487 e. The summed E-state index contributed by atoms with van der Waals surface area (Å²) in [6.45, 7) is 7.46. The molecule has 122 valence electrons. The molecule has 1 aromatic carbocycles. The van der Waals surface area contributed by atoms with Crippen LogP contribution in [-0.4, -0.2) is 10.6 Å². The molecule has 1 N–H and O–H groups in total. The van der Waals surface area contributed by atoms with Gasteiger partial charge in [-0.25, -0.2) is 0 Å². The third-order valence-electron chi connectivity index (χ3n) is 4.90. The number of hydrogen-bond donors (Lipinski definition) is 1. The van der Waals surface area contributed by atoms with Crippen molar-refractivity contribution in [2.75, 3.05) is 0 Å². The predicted molar refractivity (Wildman–Crippen MR) is 93.6 cm³/mol. The van der Waals surface area contributed by atoms with E-state index in [-0.39, 0.29) is 5.60 Å². The van der Waals surface area contributed by atoms with E-state index in [0.29, 0.717) is 6.04 Å². The maximum absolute atomic E-state index is 6.30. The molecular weight excluding hydrogens is 284 g/mol. The average Bonchev–Trinajstić information content (AvgIpc) is 2.60. The molecule has 1 aliphatic rings. The number of nitrogens with zero attached hydrogens (tertiary/aromatic N) is 1. The van der Waals surface area contributed by atoms with Gasteiger partial charge >= 0.3 is 0 Å². The number of hydrogen-bond acceptors (Lipinski definition) is 3. The molecule has 0 spiro atoms. The second-order valence-corrected chi connectivity index (χ2v) is 6.62. The maximum atomic E-state index is 6.30. The molecule has 0 radical (unpaired) electrons. The maximum Gasteiger partial charge on any atom is 0.124 e. The number of aryl methyl sites for hydroxylation is 1. The van der Waals surface area contributed by atoms with Gasteiger partial charge in [0.25, 0.3) is 0 Å². The molecule has 2 atom stereocenters. The lowest BCUT2D eigenvalue weighted by atomic mass is 9.86. The molecule has 1 aliphatic heterocycles. The lowest BCUT2D eigenvalue weighted by Gasteiger charge is -2.40. The zero-order chi connectivity index (χ0) is 16.3. The third-order valence-corrected chi connectivity index (χ3v) is 4.90. The Kier molecular flexibility index (Phi) is 4.67. The molecule has 0 amide bonds. The summed E-state index contributed by atoms with van der Waals surface area (Å²) in [5.74, 6) is 1.03. The molecule has 0 fully saturated rings. The molecule has 3 nitrogen and oxygen atoms in total. The summed E-state index contributed by atoms with van der Waals surface area (Å²) < 4.78 is 6.30. The molecule has 23 heavy (non-hydrogen) atoms. The second-order valence-electron chi connectivity index (χ2n) is 6.62. The van der Waals surface area contributed by atoms with Gasteiger partial charge in [0.1, 0.15) is 11.4 Å². The number of benzene rings is 1. The van der Waals surface area contributed by atoms with E-state index in [1.165, 1.54) is 16.7 Å². The normalized spacial score (nSPS) is 23.2. The summed E-state index contributed by atoms with van der Waals surface area (Å²) >= 11 is 0. The van der Waals surface area contributed by atoms with Gasteiger partial charge in [-0.1, -0.05) is 26.0 Å². The van der Waals surface area contributed by atoms with E-state index >= 15 is 0 Å². The van der Waals surface area contributed by atoms with E-state index in [2.05, 4.69) is 61.4 Å². The summed E-state index contributed by atoms with van der Waals surface area (Å²) in [5.41, 5.74) is 3.82. The van der Waals surface area contributed by atoms with Crippen molar-refractivity contribution in [3.8, 4) is 5.75 Å². The van der Waals surface area contributed by atoms with Crippen molar-refractivity contribution >= 4 is 0 Å². The van der Waals surface area contributed by atoms with Crippen LogP contribution in [0.15, 0.2) is 42.7 Å². The van der Waals surface area contributed by atoms with Gasteiger partial charge in [-0.3, -0.25) is 4.98 Å². The van der Waals surface area contributed by atoms with Crippen molar-refractivity contribution in [2.45, 2.75) is 58.2 Å². The van der Waals surface area contributed by atoms with Gasteiger partial charge in [0.15, 0.2) is 0 Å². The van der Waals surface area contributed by atoms with Gasteiger partial charge in [-0.05, 0) is 49.1 Å². The topological polar surface area (TPSA) is 34.2 Å². The van der Waals surface area contributed by atoms with Crippen LogP contribution in [0.4, 0.5) is 0 Å². The smallest absolute Gasteiger partial charge is 0.124 e. The number of rotatable bonds is 5. The second kappa shape index (κ2) is 6.71. The van der Waals surface area contributed by atoms with Crippen molar-refractivity contribution < 1.29 is 4.74 Å². The Bertz CT molecular complexity index is 656. The minimum absolute atomic E-state index is 0.101. The highest BCUT2D eigenvalue weighted by Crippen LogP contribution is 2.41. The molecule has 3 rings (SSSR count). The quantitative estimate of drug-likeness (QED) is 0.887. The molecule has 2 heterocycles. The summed E-state index contributed by atoms with van der Waals surface area (Å²) in [6.07, 6.45) is 6.75. The SMILES string of the molecule is CCc1ccc2c(c1)C(NCc1ccncc1)CC(C)(CC)O2. The van der Waals surface area contributed by atoms with Crippen molar-refractivity contribution in [1.29, 1.82) is 0 Å². The van der Waals surface area contributed by atoms with E-state index in [1.54, 1.807) is 0 Å². The average molecular weight is 310 g/mol. The standard InChI is InChI=1S/C20H26N2O/c1-4-15-6-7-19-17(12-15)18(13-20(3,5-2)23-19)22-14-16-8-10-21-11-9-16/h6-12,18,22H,4-5,13-14H2,1-3H3. The molecule has 3 heteroatoms. The Hall–Kier alpha value is -1.87. The van der Waals surface area contributed by atoms with E-state index < -0.39 is 0 Å². The highest BCUT2D eigenvalue weighted by Gasteiger charge is 2.35. The van der Waals surface area contributed by atoms with Gasteiger partial charge in [0.2, 0.25) is 0 Å². The molecule has 0 saturated heterocycles. The van der Waals surface area contributed by atoms with Crippen LogP contribution in [0.3, 0.4) is 0 Å².